The minimum atomic E-state index is -1.33. The minimum Gasteiger partial charge on any atom is -0.508 e. The molecule has 1 saturated heterocycles. The number of benzene rings is 2. The second-order valence-electron chi connectivity index (χ2n) is 23.2. The fourth-order valence-corrected chi connectivity index (χ4v) is 9.77. The van der Waals surface area contributed by atoms with E-state index in [-0.39, 0.29) is 75.2 Å². The average molecular weight is 1140 g/mol. The van der Waals surface area contributed by atoms with Gasteiger partial charge in [-0.1, -0.05) is 99.6 Å². The highest BCUT2D eigenvalue weighted by atomic mass is 16.4. The molecule has 0 bridgehead atoms. The molecule has 2 heterocycles. The number of phenolic OH excluding ortho intramolecular Hbond substituents is 1. The van der Waals surface area contributed by atoms with Gasteiger partial charge in [0.15, 0.2) is 5.96 Å². The number of aromatic hydroxyl groups is 1. The molecule has 3 aromatic rings. The van der Waals surface area contributed by atoms with Crippen LogP contribution in [0.5, 0.6) is 5.75 Å². The van der Waals surface area contributed by atoms with Gasteiger partial charge in [-0.15, -0.1) is 0 Å². The molecule has 1 aromatic heterocycles. The number of nitrogens with two attached hydrogens (primary N) is 3. The number of hydrogen-bond acceptors (Lipinski definition) is 12. The molecule has 82 heavy (non-hydrogen) atoms. The number of rotatable bonds is 31. The lowest BCUT2D eigenvalue weighted by atomic mass is 9.97. The van der Waals surface area contributed by atoms with Crippen molar-refractivity contribution in [1.29, 1.82) is 0 Å². The van der Waals surface area contributed by atoms with Crippen LogP contribution in [-0.4, -0.2) is 147 Å². The van der Waals surface area contributed by atoms with Crippen molar-refractivity contribution in [2.24, 2.45) is 51.8 Å². The van der Waals surface area contributed by atoms with Gasteiger partial charge in [-0.2, -0.15) is 0 Å². The summed E-state index contributed by atoms with van der Waals surface area (Å²) in [4.78, 5) is 134. The van der Waals surface area contributed by atoms with Crippen LogP contribution in [0.1, 0.15) is 119 Å². The second kappa shape index (κ2) is 31.5. The maximum absolute atomic E-state index is 14.9. The molecule has 0 radical (unpaired) electrons. The first kappa shape index (κ1) is 66.7. The van der Waals surface area contributed by atoms with E-state index in [9.17, 15) is 53.4 Å². The number of fused-ring (bicyclic) bond motifs is 1. The number of carboxylic acid groups (broad SMARTS) is 1. The lowest BCUT2D eigenvalue weighted by Gasteiger charge is -2.32. The van der Waals surface area contributed by atoms with E-state index in [1.165, 1.54) is 17.0 Å². The Hall–Kier alpha value is -7.76. The summed E-state index contributed by atoms with van der Waals surface area (Å²) in [5.74, 6) is -8.54. The molecule has 16 N–H and O–H groups in total. The highest BCUT2D eigenvalue weighted by molar-refractivity contribution is 5.99. The van der Waals surface area contributed by atoms with Gasteiger partial charge >= 0.3 is 5.97 Å². The van der Waals surface area contributed by atoms with Gasteiger partial charge in [0.25, 0.3) is 0 Å². The molecule has 24 nitrogen and oxygen atoms in total. The summed E-state index contributed by atoms with van der Waals surface area (Å²) in [6.07, 6.45) is 3.22. The van der Waals surface area contributed by atoms with Crippen LogP contribution in [0, 0.1) is 29.6 Å². The smallest absolute Gasteiger partial charge is 0.326 e. The molecular weight excluding hydrogens is 1050 g/mol. The third kappa shape index (κ3) is 20.0. The number of nitrogens with zero attached hydrogens (tertiary/aromatic N) is 2. The van der Waals surface area contributed by atoms with Gasteiger partial charge in [0.05, 0.1) is 6.04 Å². The number of phenols is 1. The maximum atomic E-state index is 14.9. The molecule has 1 aliphatic rings. The van der Waals surface area contributed by atoms with Gasteiger partial charge < -0.3 is 74.5 Å². The predicted octanol–water partition coefficient (Wildman–Crippen LogP) is 1.57. The van der Waals surface area contributed by atoms with E-state index in [4.69, 9.17) is 17.2 Å². The number of aliphatic carboxylic acids is 1. The highest BCUT2D eigenvalue weighted by Crippen LogP contribution is 2.24. The van der Waals surface area contributed by atoms with Crippen LogP contribution in [0.15, 0.2) is 59.7 Å². The van der Waals surface area contributed by atoms with Crippen molar-refractivity contribution in [3.8, 4) is 5.75 Å². The number of amides is 8. The van der Waals surface area contributed by atoms with E-state index >= 15 is 0 Å². The molecule has 0 aliphatic carbocycles. The van der Waals surface area contributed by atoms with Crippen molar-refractivity contribution in [3.63, 3.8) is 0 Å². The predicted molar refractivity (Wildman–Crippen MR) is 311 cm³/mol. The Kier molecular flexibility index (Phi) is 25.6. The largest absolute Gasteiger partial charge is 0.508 e. The van der Waals surface area contributed by atoms with E-state index in [0.29, 0.717) is 24.0 Å². The summed E-state index contributed by atoms with van der Waals surface area (Å²) >= 11 is 0. The van der Waals surface area contributed by atoms with Crippen LogP contribution in [0.3, 0.4) is 0 Å². The van der Waals surface area contributed by atoms with Crippen LogP contribution < -0.4 is 54.4 Å². The average Bonchev–Trinajstić information content (AvgIpc) is 4.29. The Morgan fingerprint density at radius 1 is 0.634 bits per heavy atom. The number of carboxylic acids is 1. The van der Waals surface area contributed by atoms with Crippen LogP contribution in [0.2, 0.25) is 0 Å². The summed E-state index contributed by atoms with van der Waals surface area (Å²) < 4.78 is 0. The van der Waals surface area contributed by atoms with Crippen LogP contribution >= 0.6 is 0 Å². The number of aliphatic imine (C=N–C) groups is 1. The molecule has 0 spiro atoms. The van der Waals surface area contributed by atoms with E-state index in [1.54, 1.807) is 59.9 Å². The lowest BCUT2D eigenvalue weighted by Crippen LogP contribution is -2.62. The monoisotopic (exact) mass is 1140 g/mol. The second-order valence-corrected chi connectivity index (χ2v) is 23.2. The van der Waals surface area contributed by atoms with Crippen molar-refractivity contribution in [3.05, 3.63) is 65.9 Å². The Bertz CT molecular complexity index is 2700. The van der Waals surface area contributed by atoms with Gasteiger partial charge in [-0.3, -0.25) is 43.3 Å². The first-order valence-electron chi connectivity index (χ1n) is 28.4. The number of carbonyl (C=O) groups is 9. The standard InChI is InChI=1S/C58H89N13O11/c1-30(2)25-41(64-49(73)39(59)16-13-23-62-58(60)61)50(74)65-42(26-31(3)4)51(75)68-47(33(7)8)55(79)69-46(32(5)6)54(78)67-44(27-35-19-21-37(72)22-20-35)56(80)71-24-14-18-45(71)53(77)66-43(52(76)70-48(34(9)10)57(81)82)28-36-29-63-40-17-12-11-15-38(36)40/h11-12,15,17,19-22,29-34,39,41-48,63,72H,13-14,16,18,23-28,59H2,1-10H3,(H,64,73)(H,65,74)(H,66,77)(H,67,78)(H,68,75)(H,69,79)(H,70,76)(H,81,82)(H4,60,61,62)/t39-,41-,42-,43-,44-,45-,46-,47-,48-/m0/s1. The molecule has 4 rings (SSSR count). The topological polar surface area (TPSA) is 388 Å². The molecule has 0 unspecified atom stereocenters. The first-order valence-corrected chi connectivity index (χ1v) is 28.4. The van der Waals surface area contributed by atoms with E-state index in [2.05, 4.69) is 47.2 Å². The van der Waals surface area contributed by atoms with E-state index in [1.807, 2.05) is 52.0 Å². The Morgan fingerprint density at radius 3 is 1.71 bits per heavy atom. The van der Waals surface area contributed by atoms with Gasteiger partial charge in [0, 0.05) is 43.0 Å². The number of hydrogen-bond donors (Lipinski definition) is 13. The summed E-state index contributed by atoms with van der Waals surface area (Å²) in [7, 11) is 0. The molecular formula is C58H89N13O11. The number of guanidine groups is 1. The molecule has 1 aliphatic heterocycles. The SMILES string of the molecule is CC(C)C[C@H](NC(=O)[C@H](CC(C)C)NC(=O)[C@@H](N)CCCN=C(N)N)C(=O)N[C@H](C(=O)N[C@H](C(=O)N[C@@H](Cc1ccc(O)cc1)C(=O)N1CCC[C@H]1C(=O)N[C@@H](Cc1c[nH]c2ccccc12)C(=O)N[C@H](C(=O)O)C(C)C)C(C)C)C(C)C. The Morgan fingerprint density at radius 2 is 1.15 bits per heavy atom. The zero-order chi connectivity index (χ0) is 61.1. The van der Waals surface area contributed by atoms with E-state index in [0.717, 1.165) is 10.9 Å². The van der Waals surface area contributed by atoms with Crippen LogP contribution in [0.4, 0.5) is 0 Å². The zero-order valence-corrected chi connectivity index (χ0v) is 49.0. The van der Waals surface area contributed by atoms with Crippen molar-refractivity contribution in [2.45, 2.75) is 175 Å². The van der Waals surface area contributed by atoms with Crippen LogP contribution in [-0.2, 0) is 56.0 Å². The van der Waals surface area contributed by atoms with Gasteiger partial charge in [-0.05, 0) is 97.4 Å². The van der Waals surface area contributed by atoms with Crippen molar-refractivity contribution in [1.82, 2.24) is 47.1 Å². The fraction of sp³-hybridized carbons (Fsp3) is 0.586. The molecule has 8 amide bonds. The summed E-state index contributed by atoms with van der Waals surface area (Å²) in [5, 5.41) is 40.2. The zero-order valence-electron chi connectivity index (χ0n) is 49.0. The highest BCUT2D eigenvalue weighted by Gasteiger charge is 2.41. The molecule has 2 aromatic carbocycles. The summed E-state index contributed by atoms with van der Waals surface area (Å²) in [5.41, 5.74) is 18.9. The fourth-order valence-electron chi connectivity index (χ4n) is 9.77. The maximum Gasteiger partial charge on any atom is 0.326 e. The normalized spacial score (nSPS) is 16.3. The lowest BCUT2D eigenvalue weighted by molar-refractivity contribution is -0.144. The number of aromatic nitrogens is 1. The number of carbonyl (C=O) groups excluding carboxylic acids is 8. The molecule has 452 valence electrons. The van der Waals surface area contributed by atoms with Gasteiger partial charge in [-0.25, -0.2) is 4.79 Å². The third-order valence-electron chi connectivity index (χ3n) is 14.3. The van der Waals surface area contributed by atoms with Crippen molar-refractivity contribution in [2.75, 3.05) is 13.1 Å². The summed E-state index contributed by atoms with van der Waals surface area (Å²) in [6.45, 7) is 17.9. The Labute approximate surface area is 480 Å². The van der Waals surface area contributed by atoms with Crippen LogP contribution in [0.25, 0.3) is 10.9 Å². The molecule has 1 fully saturated rings. The first-order chi connectivity index (χ1) is 38.6. The quantitative estimate of drug-likeness (QED) is 0.0247. The number of likely N-dealkylation sites (tertiary alicyclic amines) is 1. The molecule has 24 heteroatoms. The number of aromatic amines is 1. The van der Waals surface area contributed by atoms with Crippen molar-refractivity contribution < 1.29 is 53.4 Å². The van der Waals surface area contributed by atoms with E-state index < -0.39 is 125 Å². The third-order valence-corrected chi connectivity index (χ3v) is 14.3. The molecule has 9 atom stereocenters. The number of H-pyrrole nitrogens is 1. The molecule has 0 saturated carbocycles. The summed E-state index contributed by atoms with van der Waals surface area (Å²) in [6, 6.07) is 2.76. The van der Waals surface area contributed by atoms with Crippen molar-refractivity contribution >= 4 is 70.1 Å². The van der Waals surface area contributed by atoms with Gasteiger partial charge in [0.2, 0.25) is 47.3 Å². The van der Waals surface area contributed by atoms with Gasteiger partial charge in [0.1, 0.15) is 54.1 Å². The number of para-hydroxylation sites is 1. The Balaban J connectivity index is 1.56. The minimum absolute atomic E-state index is 0.0214. The number of nitrogens with one attached hydrogen (secondary N) is 8.